The van der Waals surface area contributed by atoms with E-state index in [-0.39, 0.29) is 4.21 Å². The van der Waals surface area contributed by atoms with Crippen LogP contribution in [0.5, 0.6) is 0 Å². The third-order valence-electron chi connectivity index (χ3n) is 2.29. The zero-order valence-electron chi connectivity index (χ0n) is 9.66. The number of rotatable bonds is 6. The summed E-state index contributed by atoms with van der Waals surface area (Å²) in [6, 6.07) is 1.60. The van der Waals surface area contributed by atoms with E-state index in [1.165, 1.54) is 0 Å². The van der Waals surface area contributed by atoms with Gasteiger partial charge in [0, 0.05) is 11.4 Å². The van der Waals surface area contributed by atoms with E-state index in [4.69, 9.17) is 11.6 Å². The van der Waals surface area contributed by atoms with Crippen molar-refractivity contribution in [1.82, 2.24) is 4.72 Å². The van der Waals surface area contributed by atoms with Gasteiger partial charge in [0.1, 0.15) is 4.21 Å². The number of nitrogens with one attached hydrogen (secondary N) is 1. The molecular weight excluding hydrogens is 346 g/mol. The predicted molar refractivity (Wildman–Crippen MR) is 76.9 cm³/mol. The Morgan fingerprint density at radius 3 is 2.71 bits per heavy atom. The number of sulfonamides is 1. The largest absolute Gasteiger partial charge is 0.250 e. The van der Waals surface area contributed by atoms with Gasteiger partial charge in [-0.15, -0.1) is 11.3 Å². The molecule has 1 heterocycles. The molecule has 7 heteroatoms. The molecule has 0 spiro atoms. The average Bonchev–Trinajstić information content (AvgIpc) is 2.59. The van der Waals surface area contributed by atoms with Gasteiger partial charge in [-0.1, -0.05) is 34.5 Å². The second-order valence-corrected chi connectivity index (χ2v) is 8.66. The maximum absolute atomic E-state index is 11.9. The van der Waals surface area contributed by atoms with Crippen molar-refractivity contribution in [3.05, 3.63) is 16.0 Å². The maximum Gasteiger partial charge on any atom is 0.250 e. The van der Waals surface area contributed by atoms with E-state index in [2.05, 4.69) is 27.6 Å². The van der Waals surface area contributed by atoms with Gasteiger partial charge in [-0.2, -0.15) is 0 Å². The van der Waals surface area contributed by atoms with Crippen LogP contribution in [0.2, 0.25) is 4.34 Å². The lowest BCUT2D eigenvalue weighted by molar-refractivity contribution is 0.579. The van der Waals surface area contributed by atoms with Gasteiger partial charge >= 0.3 is 0 Å². The fraction of sp³-hybridized carbons (Fsp3) is 0.600. The molecule has 0 saturated heterocycles. The molecule has 0 aliphatic rings. The minimum atomic E-state index is -3.40. The van der Waals surface area contributed by atoms with Crippen molar-refractivity contribution in [3.8, 4) is 0 Å². The van der Waals surface area contributed by atoms with Gasteiger partial charge in [0.15, 0.2) is 0 Å². The Morgan fingerprint density at radius 2 is 2.24 bits per heavy atom. The highest BCUT2D eigenvalue weighted by molar-refractivity contribution is 9.09. The molecule has 98 valence electrons. The first kappa shape index (κ1) is 15.4. The van der Waals surface area contributed by atoms with Crippen LogP contribution in [0, 0.1) is 6.92 Å². The molecule has 1 atom stereocenters. The van der Waals surface area contributed by atoms with E-state index in [0.29, 0.717) is 15.7 Å². The van der Waals surface area contributed by atoms with Gasteiger partial charge in [0.25, 0.3) is 0 Å². The molecule has 0 aliphatic heterocycles. The van der Waals surface area contributed by atoms with Gasteiger partial charge in [0.05, 0.1) is 4.34 Å². The van der Waals surface area contributed by atoms with Crippen LogP contribution in [0.3, 0.4) is 0 Å². The second kappa shape index (κ2) is 6.52. The van der Waals surface area contributed by atoms with Gasteiger partial charge < -0.3 is 0 Å². The Hall–Kier alpha value is 0.380. The normalized spacial score (nSPS) is 13.9. The number of thiophene rings is 1. The van der Waals surface area contributed by atoms with Crippen molar-refractivity contribution < 1.29 is 8.42 Å². The molecule has 17 heavy (non-hydrogen) atoms. The molecule has 1 aromatic heterocycles. The minimum Gasteiger partial charge on any atom is -0.210 e. The van der Waals surface area contributed by atoms with Crippen LogP contribution in [0.15, 0.2) is 10.3 Å². The van der Waals surface area contributed by atoms with E-state index in [9.17, 15) is 8.42 Å². The number of aryl methyl sites for hydroxylation is 1. The highest BCUT2D eigenvalue weighted by Crippen LogP contribution is 2.29. The van der Waals surface area contributed by atoms with Crippen LogP contribution in [0.4, 0.5) is 0 Å². The number of hydrogen-bond acceptors (Lipinski definition) is 3. The molecule has 0 aromatic carbocycles. The molecule has 0 amide bonds. The summed E-state index contributed by atoms with van der Waals surface area (Å²) in [7, 11) is -3.40. The summed E-state index contributed by atoms with van der Waals surface area (Å²) < 4.78 is 27.2. The standard InChI is InChI=1S/C10H15BrClNO2S2/c1-3-8(11)4-5-13-17(14,15)9-6-7(2)10(12)16-9/h6,8,13H,3-5H2,1-2H3. The van der Waals surface area contributed by atoms with E-state index < -0.39 is 10.0 Å². The lowest BCUT2D eigenvalue weighted by atomic mass is 10.2. The maximum atomic E-state index is 11.9. The Morgan fingerprint density at radius 1 is 1.59 bits per heavy atom. The van der Waals surface area contributed by atoms with Crippen molar-refractivity contribution in [2.45, 2.75) is 35.7 Å². The molecule has 0 saturated carbocycles. The summed E-state index contributed by atoms with van der Waals surface area (Å²) in [6.45, 7) is 4.28. The third kappa shape index (κ3) is 4.52. The first-order chi connectivity index (χ1) is 7.86. The van der Waals surface area contributed by atoms with Crippen molar-refractivity contribution in [2.24, 2.45) is 0 Å². The smallest absolute Gasteiger partial charge is 0.210 e. The van der Waals surface area contributed by atoms with Gasteiger partial charge in [-0.25, -0.2) is 13.1 Å². The first-order valence-electron chi connectivity index (χ1n) is 5.26. The molecule has 1 rings (SSSR count). The van der Waals surface area contributed by atoms with Crippen LogP contribution < -0.4 is 4.72 Å². The molecule has 0 bridgehead atoms. The zero-order chi connectivity index (χ0) is 13.1. The lowest BCUT2D eigenvalue weighted by Crippen LogP contribution is -2.25. The lowest BCUT2D eigenvalue weighted by Gasteiger charge is -2.07. The van der Waals surface area contributed by atoms with Crippen LogP contribution in [0.1, 0.15) is 25.3 Å². The van der Waals surface area contributed by atoms with Crippen molar-refractivity contribution >= 4 is 48.9 Å². The number of hydrogen-bond donors (Lipinski definition) is 1. The first-order valence-corrected chi connectivity index (χ1v) is 8.85. The number of alkyl halides is 1. The quantitative estimate of drug-likeness (QED) is 0.789. The Kier molecular flexibility index (Phi) is 5.92. The Labute approximate surface area is 120 Å². The second-order valence-electron chi connectivity index (χ2n) is 3.71. The van der Waals surface area contributed by atoms with Crippen LogP contribution in [0.25, 0.3) is 0 Å². The SMILES string of the molecule is CCC(Br)CCNS(=O)(=O)c1cc(C)c(Cl)s1. The molecule has 1 unspecified atom stereocenters. The highest BCUT2D eigenvalue weighted by atomic mass is 79.9. The Bertz CT molecular complexity index is 453. The van der Waals surface area contributed by atoms with Gasteiger partial charge in [-0.05, 0) is 31.4 Å². The summed E-state index contributed by atoms with van der Waals surface area (Å²) in [5.41, 5.74) is 0.795. The minimum absolute atomic E-state index is 0.280. The van der Waals surface area contributed by atoms with Crippen LogP contribution in [-0.4, -0.2) is 19.8 Å². The summed E-state index contributed by atoms with van der Waals surface area (Å²) >= 11 is 10.4. The summed E-state index contributed by atoms with van der Waals surface area (Å²) in [4.78, 5) is 0.346. The monoisotopic (exact) mass is 359 g/mol. The predicted octanol–water partition coefficient (Wildman–Crippen LogP) is 3.55. The topological polar surface area (TPSA) is 46.2 Å². The summed E-state index contributed by atoms with van der Waals surface area (Å²) in [6.07, 6.45) is 1.75. The van der Waals surface area contributed by atoms with Crippen molar-refractivity contribution in [2.75, 3.05) is 6.54 Å². The molecule has 1 aromatic rings. The fourth-order valence-corrected chi connectivity index (χ4v) is 4.22. The van der Waals surface area contributed by atoms with Gasteiger partial charge in [-0.3, -0.25) is 0 Å². The molecule has 3 nitrogen and oxygen atoms in total. The van der Waals surface area contributed by atoms with Crippen molar-refractivity contribution in [3.63, 3.8) is 0 Å². The fourth-order valence-electron chi connectivity index (χ4n) is 1.19. The Balaban J connectivity index is 2.63. The van der Waals surface area contributed by atoms with Crippen LogP contribution >= 0.6 is 38.9 Å². The molecular formula is C10H15BrClNO2S2. The summed E-state index contributed by atoms with van der Waals surface area (Å²) in [5.74, 6) is 0. The molecule has 1 N–H and O–H groups in total. The molecule has 0 fully saturated rings. The summed E-state index contributed by atoms with van der Waals surface area (Å²) in [5, 5.41) is 0. The third-order valence-corrected chi connectivity index (χ3v) is 6.89. The van der Waals surface area contributed by atoms with Crippen LogP contribution in [-0.2, 0) is 10.0 Å². The van der Waals surface area contributed by atoms with E-state index >= 15 is 0 Å². The van der Waals surface area contributed by atoms with Crippen molar-refractivity contribution in [1.29, 1.82) is 0 Å². The molecule has 0 aliphatic carbocycles. The van der Waals surface area contributed by atoms with E-state index in [1.54, 1.807) is 13.0 Å². The van der Waals surface area contributed by atoms with E-state index in [0.717, 1.165) is 29.7 Å². The van der Waals surface area contributed by atoms with Gasteiger partial charge in [0.2, 0.25) is 10.0 Å². The highest BCUT2D eigenvalue weighted by Gasteiger charge is 2.18. The molecule has 0 radical (unpaired) electrons. The average molecular weight is 361 g/mol. The van der Waals surface area contributed by atoms with E-state index in [1.807, 2.05) is 0 Å². The number of halogens is 2. The zero-order valence-corrected chi connectivity index (χ0v) is 13.6.